The van der Waals surface area contributed by atoms with Crippen LogP contribution in [0.2, 0.25) is 0 Å². The van der Waals surface area contributed by atoms with Gasteiger partial charge in [0.2, 0.25) is 5.91 Å². The van der Waals surface area contributed by atoms with Crippen molar-refractivity contribution in [1.29, 1.82) is 0 Å². The van der Waals surface area contributed by atoms with E-state index in [-0.39, 0.29) is 17.4 Å². The summed E-state index contributed by atoms with van der Waals surface area (Å²) in [4.78, 5) is 11.3. The summed E-state index contributed by atoms with van der Waals surface area (Å²) in [5.41, 5.74) is 3.06. The van der Waals surface area contributed by atoms with Gasteiger partial charge in [-0.05, 0) is 23.0 Å². The van der Waals surface area contributed by atoms with E-state index in [1.807, 2.05) is 0 Å². The van der Waals surface area contributed by atoms with Gasteiger partial charge in [0.25, 0.3) is 0 Å². The van der Waals surface area contributed by atoms with E-state index >= 15 is 0 Å². The lowest BCUT2D eigenvalue weighted by Gasteiger charge is -2.31. The Bertz CT molecular complexity index is 481. The van der Waals surface area contributed by atoms with Gasteiger partial charge < -0.3 is 10.6 Å². The highest BCUT2D eigenvalue weighted by atomic mass is 16.1. The SMILES string of the molecule is CC1(C)Cc2ccccc2C1NC1CNC(=O)C1. The highest BCUT2D eigenvalue weighted by Gasteiger charge is 2.40. The van der Waals surface area contributed by atoms with E-state index in [2.05, 4.69) is 48.7 Å². The third kappa shape index (κ3) is 1.93. The summed E-state index contributed by atoms with van der Waals surface area (Å²) in [7, 11) is 0. The van der Waals surface area contributed by atoms with E-state index in [1.165, 1.54) is 11.1 Å². The second-order valence-electron chi connectivity index (χ2n) is 6.17. The summed E-state index contributed by atoms with van der Waals surface area (Å²) >= 11 is 0. The molecular formula is C15H20N2O. The minimum Gasteiger partial charge on any atom is -0.354 e. The molecule has 1 aromatic carbocycles. The first-order valence-corrected chi connectivity index (χ1v) is 6.67. The van der Waals surface area contributed by atoms with Gasteiger partial charge in [-0.3, -0.25) is 4.79 Å². The summed E-state index contributed by atoms with van der Waals surface area (Å²) in [6, 6.07) is 9.27. The van der Waals surface area contributed by atoms with Crippen LogP contribution in [-0.4, -0.2) is 18.5 Å². The van der Waals surface area contributed by atoms with Crippen LogP contribution in [0.1, 0.15) is 37.4 Å². The van der Waals surface area contributed by atoms with Gasteiger partial charge in [0.05, 0.1) is 0 Å². The van der Waals surface area contributed by atoms with Crippen molar-refractivity contribution in [2.24, 2.45) is 5.41 Å². The van der Waals surface area contributed by atoms with Crippen molar-refractivity contribution in [1.82, 2.24) is 10.6 Å². The number of hydrogen-bond acceptors (Lipinski definition) is 2. The maximum Gasteiger partial charge on any atom is 0.221 e. The van der Waals surface area contributed by atoms with Crippen LogP contribution >= 0.6 is 0 Å². The predicted molar refractivity (Wildman–Crippen MR) is 71.2 cm³/mol. The molecule has 0 spiro atoms. The van der Waals surface area contributed by atoms with Gasteiger partial charge in [0, 0.05) is 25.0 Å². The van der Waals surface area contributed by atoms with Crippen molar-refractivity contribution in [3.8, 4) is 0 Å². The summed E-state index contributed by atoms with van der Waals surface area (Å²) in [6.07, 6.45) is 1.71. The fraction of sp³-hybridized carbons (Fsp3) is 0.533. The monoisotopic (exact) mass is 244 g/mol. The Morgan fingerprint density at radius 1 is 1.33 bits per heavy atom. The molecule has 1 fully saturated rings. The number of amides is 1. The molecular weight excluding hydrogens is 224 g/mol. The summed E-state index contributed by atoms with van der Waals surface area (Å²) in [5.74, 6) is 0.164. The Hall–Kier alpha value is -1.35. The predicted octanol–water partition coefficient (Wildman–Crippen LogP) is 1.79. The zero-order chi connectivity index (χ0) is 12.8. The lowest BCUT2D eigenvalue weighted by molar-refractivity contribution is -0.119. The van der Waals surface area contributed by atoms with E-state index in [9.17, 15) is 4.79 Å². The van der Waals surface area contributed by atoms with Crippen molar-refractivity contribution >= 4 is 5.91 Å². The van der Waals surface area contributed by atoms with Crippen LogP contribution in [0, 0.1) is 5.41 Å². The molecule has 1 aliphatic heterocycles. The molecule has 1 heterocycles. The number of carbonyl (C=O) groups excluding carboxylic acids is 1. The maximum atomic E-state index is 11.3. The normalized spacial score (nSPS) is 29.1. The van der Waals surface area contributed by atoms with Crippen LogP contribution < -0.4 is 10.6 Å². The van der Waals surface area contributed by atoms with Crippen molar-refractivity contribution < 1.29 is 4.79 Å². The van der Waals surface area contributed by atoms with Crippen molar-refractivity contribution in [3.63, 3.8) is 0 Å². The molecule has 2 N–H and O–H groups in total. The minimum absolute atomic E-state index is 0.164. The van der Waals surface area contributed by atoms with E-state index in [0.717, 1.165) is 13.0 Å². The number of rotatable bonds is 2. The van der Waals surface area contributed by atoms with Gasteiger partial charge >= 0.3 is 0 Å². The van der Waals surface area contributed by atoms with Crippen LogP contribution in [0.3, 0.4) is 0 Å². The maximum absolute atomic E-state index is 11.3. The standard InChI is InChI=1S/C15H20N2O/c1-15(2)8-10-5-3-4-6-12(10)14(15)17-11-7-13(18)16-9-11/h3-6,11,14,17H,7-9H2,1-2H3,(H,16,18). The average Bonchev–Trinajstić information content (AvgIpc) is 2.82. The van der Waals surface area contributed by atoms with Crippen LogP contribution in [0.25, 0.3) is 0 Å². The van der Waals surface area contributed by atoms with Crippen molar-refractivity contribution in [2.75, 3.05) is 6.54 Å². The molecule has 1 amide bonds. The fourth-order valence-corrected chi connectivity index (χ4v) is 3.26. The van der Waals surface area contributed by atoms with Gasteiger partial charge in [-0.2, -0.15) is 0 Å². The summed E-state index contributed by atoms with van der Waals surface area (Å²) in [6.45, 7) is 5.36. The van der Waals surface area contributed by atoms with Gasteiger partial charge in [0.15, 0.2) is 0 Å². The Labute approximate surface area is 108 Å². The smallest absolute Gasteiger partial charge is 0.221 e. The van der Waals surface area contributed by atoms with Crippen LogP contribution in [0.4, 0.5) is 0 Å². The van der Waals surface area contributed by atoms with E-state index in [1.54, 1.807) is 0 Å². The average molecular weight is 244 g/mol. The molecule has 0 aromatic heterocycles. The Morgan fingerprint density at radius 3 is 2.83 bits per heavy atom. The second-order valence-corrected chi connectivity index (χ2v) is 6.17. The van der Waals surface area contributed by atoms with E-state index < -0.39 is 0 Å². The lowest BCUT2D eigenvalue weighted by Crippen LogP contribution is -2.39. The Balaban J connectivity index is 1.83. The Kier molecular flexibility index (Phi) is 2.67. The van der Waals surface area contributed by atoms with Crippen LogP contribution in [0.15, 0.2) is 24.3 Å². The molecule has 0 radical (unpaired) electrons. The second kappa shape index (κ2) is 4.09. The third-order valence-corrected chi connectivity index (χ3v) is 4.17. The first kappa shape index (κ1) is 11.7. The largest absolute Gasteiger partial charge is 0.354 e. The minimum atomic E-state index is 0.164. The Morgan fingerprint density at radius 2 is 2.11 bits per heavy atom. The van der Waals surface area contributed by atoms with Crippen molar-refractivity contribution in [2.45, 2.75) is 38.8 Å². The fourth-order valence-electron chi connectivity index (χ4n) is 3.26. The number of nitrogens with one attached hydrogen (secondary N) is 2. The molecule has 1 saturated heterocycles. The number of benzene rings is 1. The number of carbonyl (C=O) groups is 1. The molecule has 1 aliphatic carbocycles. The molecule has 96 valence electrons. The summed E-state index contributed by atoms with van der Waals surface area (Å²) in [5, 5.41) is 6.56. The highest BCUT2D eigenvalue weighted by molar-refractivity contribution is 5.78. The topological polar surface area (TPSA) is 41.1 Å². The molecule has 0 saturated carbocycles. The molecule has 2 atom stereocenters. The van der Waals surface area contributed by atoms with Crippen molar-refractivity contribution in [3.05, 3.63) is 35.4 Å². The zero-order valence-corrected chi connectivity index (χ0v) is 11.0. The molecule has 2 aliphatic rings. The third-order valence-electron chi connectivity index (χ3n) is 4.17. The van der Waals surface area contributed by atoms with Gasteiger partial charge in [0.1, 0.15) is 0 Å². The van der Waals surface area contributed by atoms with E-state index in [0.29, 0.717) is 12.5 Å². The highest BCUT2D eigenvalue weighted by Crippen LogP contribution is 2.45. The molecule has 1 aromatic rings. The molecule has 3 nitrogen and oxygen atoms in total. The summed E-state index contributed by atoms with van der Waals surface area (Å²) < 4.78 is 0. The number of fused-ring (bicyclic) bond motifs is 1. The van der Waals surface area contributed by atoms with Crippen LogP contribution in [0.5, 0.6) is 0 Å². The van der Waals surface area contributed by atoms with Gasteiger partial charge in [-0.25, -0.2) is 0 Å². The quantitative estimate of drug-likeness (QED) is 0.832. The zero-order valence-electron chi connectivity index (χ0n) is 11.0. The molecule has 3 heteroatoms. The van der Waals surface area contributed by atoms with Gasteiger partial charge in [-0.1, -0.05) is 38.1 Å². The van der Waals surface area contributed by atoms with Crippen LogP contribution in [-0.2, 0) is 11.2 Å². The molecule has 0 bridgehead atoms. The van der Waals surface area contributed by atoms with Gasteiger partial charge in [-0.15, -0.1) is 0 Å². The first-order valence-electron chi connectivity index (χ1n) is 6.67. The number of hydrogen-bond donors (Lipinski definition) is 2. The van der Waals surface area contributed by atoms with E-state index in [4.69, 9.17) is 0 Å². The molecule has 2 unspecified atom stereocenters. The molecule has 3 rings (SSSR count). The lowest BCUT2D eigenvalue weighted by atomic mass is 9.85. The molecule has 18 heavy (non-hydrogen) atoms. The first-order chi connectivity index (χ1) is 8.56.